The first-order valence-electron chi connectivity index (χ1n) is 10.5. The Morgan fingerprint density at radius 2 is 2.04 bits per heavy atom. The number of nitrogens with zero attached hydrogens (tertiary/aromatic N) is 3. The molecule has 0 spiro atoms. The fraction of sp³-hybridized carbons (Fsp3) is 0.478. The molecule has 0 saturated carbocycles. The Morgan fingerprint density at radius 1 is 1.18 bits per heavy atom. The van der Waals surface area contributed by atoms with E-state index in [0.717, 1.165) is 23.8 Å². The lowest BCUT2D eigenvalue weighted by molar-refractivity contribution is 0.203. The topological polar surface area (TPSA) is 52.5 Å². The molecule has 1 aliphatic rings. The van der Waals surface area contributed by atoms with Gasteiger partial charge in [0.05, 0.1) is 5.69 Å². The van der Waals surface area contributed by atoms with Crippen LogP contribution in [0.4, 0.5) is 0 Å². The highest BCUT2D eigenvalue weighted by Gasteiger charge is 2.19. The van der Waals surface area contributed by atoms with Crippen LogP contribution in [0.2, 0.25) is 0 Å². The van der Waals surface area contributed by atoms with Crippen molar-refractivity contribution in [3.63, 3.8) is 0 Å². The molecule has 5 nitrogen and oxygen atoms in total. The van der Waals surface area contributed by atoms with E-state index in [1.54, 1.807) is 0 Å². The molecule has 2 aromatic rings. The second kappa shape index (κ2) is 10.8. The molecule has 1 fully saturated rings. The van der Waals surface area contributed by atoms with Crippen molar-refractivity contribution in [3.8, 4) is 11.3 Å². The summed E-state index contributed by atoms with van der Waals surface area (Å²) in [5, 5.41) is 7.06. The van der Waals surface area contributed by atoms with E-state index in [2.05, 4.69) is 56.7 Å². The zero-order valence-electron chi connectivity index (χ0n) is 17.2. The number of likely N-dealkylation sites (tertiary alicyclic amines) is 1. The molecule has 28 heavy (non-hydrogen) atoms. The zero-order chi connectivity index (χ0) is 19.6. The van der Waals surface area contributed by atoms with Crippen LogP contribution in [0, 0.1) is 0 Å². The van der Waals surface area contributed by atoms with Crippen LogP contribution >= 0.6 is 0 Å². The maximum atomic E-state index is 4.44. The SMILES string of the molecule is CCCCN1CCC(NC(=NC)NCc2cccc(-c3ccccn3)c2)CC1. The van der Waals surface area contributed by atoms with Crippen molar-refractivity contribution in [2.75, 3.05) is 26.7 Å². The first-order valence-corrected chi connectivity index (χ1v) is 10.5. The summed E-state index contributed by atoms with van der Waals surface area (Å²) in [4.78, 5) is 11.4. The number of piperidine rings is 1. The number of hydrogen-bond donors (Lipinski definition) is 2. The van der Waals surface area contributed by atoms with E-state index < -0.39 is 0 Å². The minimum atomic E-state index is 0.504. The van der Waals surface area contributed by atoms with Gasteiger partial charge in [0.25, 0.3) is 0 Å². The lowest BCUT2D eigenvalue weighted by Crippen LogP contribution is -2.48. The summed E-state index contributed by atoms with van der Waals surface area (Å²) in [6.07, 6.45) is 6.77. The van der Waals surface area contributed by atoms with E-state index in [1.165, 1.54) is 50.9 Å². The zero-order valence-corrected chi connectivity index (χ0v) is 17.2. The maximum absolute atomic E-state index is 4.44. The van der Waals surface area contributed by atoms with Gasteiger partial charge < -0.3 is 15.5 Å². The quantitative estimate of drug-likeness (QED) is 0.569. The predicted octanol–water partition coefficient (Wildman–Crippen LogP) is 3.68. The smallest absolute Gasteiger partial charge is 0.191 e. The van der Waals surface area contributed by atoms with Gasteiger partial charge in [0.1, 0.15) is 0 Å². The van der Waals surface area contributed by atoms with E-state index in [9.17, 15) is 0 Å². The summed E-state index contributed by atoms with van der Waals surface area (Å²) in [7, 11) is 1.84. The lowest BCUT2D eigenvalue weighted by Gasteiger charge is -2.33. The lowest BCUT2D eigenvalue weighted by atomic mass is 10.0. The van der Waals surface area contributed by atoms with Crippen LogP contribution in [0.5, 0.6) is 0 Å². The largest absolute Gasteiger partial charge is 0.354 e. The molecule has 0 atom stereocenters. The summed E-state index contributed by atoms with van der Waals surface area (Å²) < 4.78 is 0. The molecule has 1 aromatic carbocycles. The normalized spacial score (nSPS) is 16.1. The number of hydrogen-bond acceptors (Lipinski definition) is 3. The van der Waals surface area contributed by atoms with Gasteiger partial charge in [-0.3, -0.25) is 9.98 Å². The van der Waals surface area contributed by atoms with Crippen LogP contribution in [-0.2, 0) is 6.54 Å². The summed E-state index contributed by atoms with van der Waals surface area (Å²) in [6.45, 7) is 6.61. The number of nitrogens with one attached hydrogen (secondary N) is 2. The molecule has 1 aromatic heterocycles. The van der Waals surface area contributed by atoms with Gasteiger partial charge in [-0.25, -0.2) is 0 Å². The molecule has 3 rings (SSSR count). The first kappa shape index (κ1) is 20.3. The summed E-state index contributed by atoms with van der Waals surface area (Å²) in [5.74, 6) is 0.884. The molecular weight excluding hydrogens is 346 g/mol. The molecule has 0 amide bonds. The van der Waals surface area contributed by atoms with Crippen molar-refractivity contribution in [2.45, 2.75) is 45.2 Å². The third-order valence-electron chi connectivity index (χ3n) is 5.33. The fourth-order valence-electron chi connectivity index (χ4n) is 3.63. The Hall–Kier alpha value is -2.40. The molecule has 0 bridgehead atoms. The van der Waals surface area contributed by atoms with Crippen LogP contribution in [0.15, 0.2) is 53.7 Å². The van der Waals surface area contributed by atoms with Crippen molar-refractivity contribution in [1.82, 2.24) is 20.5 Å². The average Bonchev–Trinajstić information content (AvgIpc) is 2.77. The number of unbranched alkanes of at least 4 members (excludes halogenated alkanes) is 1. The van der Waals surface area contributed by atoms with Gasteiger partial charge in [0.15, 0.2) is 5.96 Å². The van der Waals surface area contributed by atoms with Gasteiger partial charge in [0, 0.05) is 44.5 Å². The number of rotatable bonds is 7. The highest BCUT2D eigenvalue weighted by atomic mass is 15.2. The predicted molar refractivity (Wildman–Crippen MR) is 117 cm³/mol. The van der Waals surface area contributed by atoms with Crippen molar-refractivity contribution in [2.24, 2.45) is 4.99 Å². The third kappa shape index (κ3) is 6.06. The van der Waals surface area contributed by atoms with E-state index in [-0.39, 0.29) is 0 Å². The summed E-state index contributed by atoms with van der Waals surface area (Å²) in [6, 6.07) is 15.0. The van der Waals surface area contributed by atoms with E-state index in [1.807, 2.05) is 31.4 Å². The van der Waals surface area contributed by atoms with Crippen LogP contribution in [0.3, 0.4) is 0 Å². The van der Waals surface area contributed by atoms with E-state index in [0.29, 0.717) is 6.04 Å². The molecule has 2 N–H and O–H groups in total. The van der Waals surface area contributed by atoms with Crippen LogP contribution < -0.4 is 10.6 Å². The first-order chi connectivity index (χ1) is 13.8. The highest BCUT2D eigenvalue weighted by Crippen LogP contribution is 2.17. The van der Waals surface area contributed by atoms with Crippen LogP contribution in [-0.4, -0.2) is 48.6 Å². The Balaban J connectivity index is 1.48. The fourth-order valence-corrected chi connectivity index (χ4v) is 3.63. The molecule has 1 aliphatic heterocycles. The van der Waals surface area contributed by atoms with Gasteiger partial charge in [0.2, 0.25) is 0 Å². The molecule has 0 unspecified atom stereocenters. The maximum Gasteiger partial charge on any atom is 0.191 e. The number of guanidine groups is 1. The molecule has 0 aliphatic carbocycles. The van der Waals surface area contributed by atoms with Gasteiger partial charge >= 0.3 is 0 Å². The number of aliphatic imine (C=N–C) groups is 1. The Morgan fingerprint density at radius 3 is 2.75 bits per heavy atom. The van der Waals surface area contributed by atoms with Gasteiger partial charge in [-0.1, -0.05) is 37.6 Å². The minimum absolute atomic E-state index is 0.504. The Kier molecular flexibility index (Phi) is 7.85. The van der Waals surface area contributed by atoms with Crippen LogP contribution in [0.1, 0.15) is 38.2 Å². The Labute approximate surface area is 169 Å². The minimum Gasteiger partial charge on any atom is -0.354 e. The van der Waals surface area contributed by atoms with Gasteiger partial charge in [-0.15, -0.1) is 0 Å². The van der Waals surface area contributed by atoms with Crippen molar-refractivity contribution in [1.29, 1.82) is 0 Å². The van der Waals surface area contributed by atoms with E-state index in [4.69, 9.17) is 0 Å². The highest BCUT2D eigenvalue weighted by molar-refractivity contribution is 5.80. The molecule has 1 saturated heterocycles. The number of benzene rings is 1. The van der Waals surface area contributed by atoms with Crippen molar-refractivity contribution >= 4 is 5.96 Å². The second-order valence-corrected chi connectivity index (χ2v) is 7.45. The molecule has 2 heterocycles. The average molecular weight is 380 g/mol. The van der Waals surface area contributed by atoms with Gasteiger partial charge in [-0.2, -0.15) is 0 Å². The van der Waals surface area contributed by atoms with Crippen molar-refractivity contribution < 1.29 is 0 Å². The van der Waals surface area contributed by atoms with Crippen molar-refractivity contribution in [3.05, 3.63) is 54.2 Å². The molecular formula is C23H33N5. The third-order valence-corrected chi connectivity index (χ3v) is 5.33. The molecule has 5 heteroatoms. The summed E-state index contributed by atoms with van der Waals surface area (Å²) >= 11 is 0. The number of aromatic nitrogens is 1. The number of pyridine rings is 1. The molecule has 150 valence electrons. The van der Waals surface area contributed by atoms with Gasteiger partial charge in [-0.05, 0) is 49.6 Å². The summed E-state index contributed by atoms with van der Waals surface area (Å²) in [5.41, 5.74) is 3.37. The van der Waals surface area contributed by atoms with Crippen LogP contribution in [0.25, 0.3) is 11.3 Å². The molecule has 0 radical (unpaired) electrons. The Bertz CT molecular complexity index is 736. The standard InChI is InChI=1S/C23H33N5/c1-3-4-14-28-15-11-21(12-16-28)27-23(24-2)26-18-19-8-7-9-20(17-19)22-10-5-6-13-25-22/h5-10,13,17,21H,3-4,11-12,14-16,18H2,1-2H3,(H2,24,26,27). The van der Waals surface area contributed by atoms with E-state index >= 15 is 0 Å². The second-order valence-electron chi connectivity index (χ2n) is 7.45. The monoisotopic (exact) mass is 379 g/mol.